The van der Waals surface area contributed by atoms with E-state index >= 15 is 0 Å². The van der Waals surface area contributed by atoms with Gasteiger partial charge in [0.2, 0.25) is 0 Å². The number of aliphatic hydroxyl groups is 1. The lowest BCUT2D eigenvalue weighted by Crippen LogP contribution is -2.38. The van der Waals surface area contributed by atoms with Crippen molar-refractivity contribution < 1.29 is 31.9 Å². The van der Waals surface area contributed by atoms with Crippen LogP contribution in [0.5, 0.6) is 0 Å². The van der Waals surface area contributed by atoms with Crippen LogP contribution in [0.15, 0.2) is 34.7 Å². The highest BCUT2D eigenvalue weighted by Gasteiger charge is 2.35. The summed E-state index contributed by atoms with van der Waals surface area (Å²) in [5.74, 6) is -1.57. The molecule has 1 amide bonds. The smallest absolute Gasteiger partial charge is 0.419 e. The summed E-state index contributed by atoms with van der Waals surface area (Å²) in [6.07, 6.45) is -4.91. The van der Waals surface area contributed by atoms with Crippen molar-refractivity contribution >= 4 is 5.91 Å². The molecule has 1 heterocycles. The Hall–Kier alpha value is -2.35. The fourth-order valence-corrected chi connectivity index (χ4v) is 2.05. The molecule has 1 aromatic heterocycles. The van der Waals surface area contributed by atoms with E-state index in [1.54, 1.807) is 13.0 Å². The standard InChI is InChI=1S/C16H15F4NO3/c1-9-3-6-13(24-9)15(2,23)8-21-14(22)10-4-5-12(17)11(7-10)16(18,19)20/h3-7,23H,8H2,1-2H3,(H,21,22). The summed E-state index contributed by atoms with van der Waals surface area (Å²) in [7, 11) is 0. The molecule has 0 spiro atoms. The van der Waals surface area contributed by atoms with E-state index < -0.39 is 29.1 Å². The molecule has 0 saturated carbocycles. The highest BCUT2D eigenvalue weighted by molar-refractivity contribution is 5.94. The minimum atomic E-state index is -4.91. The molecule has 1 unspecified atom stereocenters. The predicted molar refractivity (Wildman–Crippen MR) is 76.8 cm³/mol. The summed E-state index contributed by atoms with van der Waals surface area (Å²) in [4.78, 5) is 12.0. The van der Waals surface area contributed by atoms with Gasteiger partial charge in [0.25, 0.3) is 5.91 Å². The van der Waals surface area contributed by atoms with E-state index in [1.165, 1.54) is 13.0 Å². The van der Waals surface area contributed by atoms with Crippen molar-refractivity contribution in [3.05, 3.63) is 58.8 Å². The SMILES string of the molecule is Cc1ccc(C(C)(O)CNC(=O)c2ccc(F)c(C(F)(F)F)c2)o1. The molecule has 0 fully saturated rings. The molecule has 1 atom stereocenters. The molecule has 0 saturated heterocycles. The second kappa shape index (κ2) is 6.27. The van der Waals surface area contributed by atoms with Gasteiger partial charge in [0.05, 0.1) is 12.1 Å². The monoisotopic (exact) mass is 345 g/mol. The van der Waals surface area contributed by atoms with Gasteiger partial charge in [-0.05, 0) is 44.2 Å². The third-order valence-corrected chi connectivity index (χ3v) is 3.40. The van der Waals surface area contributed by atoms with Crippen LogP contribution in [0.1, 0.15) is 34.4 Å². The summed E-state index contributed by atoms with van der Waals surface area (Å²) in [5, 5.41) is 12.6. The summed E-state index contributed by atoms with van der Waals surface area (Å²) in [6, 6.07) is 5.09. The number of amides is 1. The third-order valence-electron chi connectivity index (χ3n) is 3.40. The van der Waals surface area contributed by atoms with Crippen LogP contribution in [0.3, 0.4) is 0 Å². The zero-order valence-corrected chi connectivity index (χ0v) is 12.9. The molecule has 1 aromatic carbocycles. The first-order valence-electron chi connectivity index (χ1n) is 6.95. The average Bonchev–Trinajstić information content (AvgIpc) is 2.91. The number of rotatable bonds is 4. The maximum atomic E-state index is 13.2. The highest BCUT2D eigenvalue weighted by atomic mass is 19.4. The second-order valence-electron chi connectivity index (χ2n) is 5.56. The number of aryl methyl sites for hydroxylation is 1. The molecule has 0 bridgehead atoms. The molecular weight excluding hydrogens is 330 g/mol. The number of carbonyl (C=O) groups is 1. The average molecular weight is 345 g/mol. The zero-order valence-electron chi connectivity index (χ0n) is 12.9. The molecule has 0 aliphatic rings. The third kappa shape index (κ3) is 3.94. The van der Waals surface area contributed by atoms with Gasteiger partial charge in [-0.1, -0.05) is 0 Å². The van der Waals surface area contributed by atoms with E-state index in [-0.39, 0.29) is 17.9 Å². The Labute approximate surface area is 135 Å². The van der Waals surface area contributed by atoms with Gasteiger partial charge < -0.3 is 14.8 Å². The Kier molecular flexibility index (Phi) is 4.70. The van der Waals surface area contributed by atoms with Gasteiger partial charge in [0.15, 0.2) is 0 Å². The van der Waals surface area contributed by atoms with E-state index in [4.69, 9.17) is 4.42 Å². The molecule has 8 heteroatoms. The van der Waals surface area contributed by atoms with Crippen LogP contribution in [0.2, 0.25) is 0 Å². The Morgan fingerprint density at radius 2 is 1.92 bits per heavy atom. The molecule has 0 aliphatic carbocycles. The van der Waals surface area contributed by atoms with Crippen LogP contribution in [0, 0.1) is 12.7 Å². The molecule has 2 aromatic rings. The van der Waals surface area contributed by atoms with Crippen molar-refractivity contribution in [3.8, 4) is 0 Å². The number of hydrogen-bond donors (Lipinski definition) is 2. The number of benzene rings is 1. The van der Waals surface area contributed by atoms with Crippen molar-refractivity contribution in [2.75, 3.05) is 6.54 Å². The molecule has 130 valence electrons. The van der Waals surface area contributed by atoms with Gasteiger partial charge in [0.1, 0.15) is 22.9 Å². The summed E-state index contributed by atoms with van der Waals surface area (Å²) in [5.41, 5.74) is -3.43. The highest BCUT2D eigenvalue weighted by Crippen LogP contribution is 2.32. The number of carbonyl (C=O) groups excluding carboxylic acids is 1. The van der Waals surface area contributed by atoms with Gasteiger partial charge in [-0.3, -0.25) is 4.79 Å². The lowest BCUT2D eigenvalue weighted by Gasteiger charge is -2.21. The fourth-order valence-electron chi connectivity index (χ4n) is 2.05. The van der Waals surface area contributed by atoms with Crippen molar-refractivity contribution in [2.24, 2.45) is 0 Å². The molecule has 0 aliphatic heterocycles. The van der Waals surface area contributed by atoms with Crippen molar-refractivity contribution in [3.63, 3.8) is 0 Å². The minimum Gasteiger partial charge on any atom is -0.463 e. The Morgan fingerprint density at radius 3 is 2.46 bits per heavy atom. The van der Waals surface area contributed by atoms with Crippen molar-refractivity contribution in [2.45, 2.75) is 25.6 Å². The number of alkyl halides is 3. The molecular formula is C16H15F4NO3. The van der Waals surface area contributed by atoms with Crippen LogP contribution in [0.25, 0.3) is 0 Å². The van der Waals surface area contributed by atoms with Crippen molar-refractivity contribution in [1.82, 2.24) is 5.32 Å². The Bertz CT molecular complexity index is 750. The summed E-state index contributed by atoms with van der Waals surface area (Å²) < 4.78 is 56.5. The first kappa shape index (κ1) is 18.0. The molecule has 2 rings (SSSR count). The van der Waals surface area contributed by atoms with Gasteiger partial charge in [0, 0.05) is 5.56 Å². The Balaban J connectivity index is 2.13. The Morgan fingerprint density at radius 1 is 1.25 bits per heavy atom. The molecule has 24 heavy (non-hydrogen) atoms. The van der Waals surface area contributed by atoms with Gasteiger partial charge in [-0.2, -0.15) is 13.2 Å². The quantitative estimate of drug-likeness (QED) is 0.835. The van der Waals surface area contributed by atoms with Crippen LogP contribution in [-0.4, -0.2) is 17.6 Å². The maximum Gasteiger partial charge on any atom is 0.419 e. The second-order valence-corrected chi connectivity index (χ2v) is 5.56. The predicted octanol–water partition coefficient (Wildman–Crippen LogP) is 3.38. The number of hydrogen-bond acceptors (Lipinski definition) is 3. The normalized spacial score (nSPS) is 14.3. The van der Waals surface area contributed by atoms with Gasteiger partial charge in [-0.15, -0.1) is 0 Å². The molecule has 2 N–H and O–H groups in total. The lowest BCUT2D eigenvalue weighted by atomic mass is 10.0. The maximum absolute atomic E-state index is 13.2. The summed E-state index contributed by atoms with van der Waals surface area (Å²) >= 11 is 0. The molecule has 0 radical (unpaired) electrons. The first-order valence-corrected chi connectivity index (χ1v) is 6.95. The van der Waals surface area contributed by atoms with E-state index in [9.17, 15) is 27.5 Å². The number of halogens is 4. The minimum absolute atomic E-state index is 0.204. The van der Waals surface area contributed by atoms with Crippen LogP contribution in [-0.2, 0) is 11.8 Å². The van der Waals surface area contributed by atoms with Gasteiger partial charge in [-0.25, -0.2) is 4.39 Å². The van der Waals surface area contributed by atoms with Crippen LogP contribution in [0.4, 0.5) is 17.6 Å². The van der Waals surface area contributed by atoms with E-state index in [0.29, 0.717) is 17.9 Å². The largest absolute Gasteiger partial charge is 0.463 e. The fraction of sp³-hybridized carbons (Fsp3) is 0.312. The van der Waals surface area contributed by atoms with Gasteiger partial charge >= 0.3 is 6.18 Å². The molecule has 4 nitrogen and oxygen atoms in total. The first-order chi connectivity index (χ1) is 11.0. The van der Waals surface area contributed by atoms with Crippen molar-refractivity contribution in [1.29, 1.82) is 0 Å². The van der Waals surface area contributed by atoms with E-state index in [1.807, 2.05) is 0 Å². The number of furan rings is 1. The van der Waals surface area contributed by atoms with E-state index in [0.717, 1.165) is 6.07 Å². The lowest BCUT2D eigenvalue weighted by molar-refractivity contribution is -0.140. The van der Waals surface area contributed by atoms with E-state index in [2.05, 4.69) is 5.32 Å². The zero-order chi connectivity index (χ0) is 18.1. The summed E-state index contributed by atoms with van der Waals surface area (Å²) in [6.45, 7) is 2.77. The van der Waals surface area contributed by atoms with Crippen LogP contribution < -0.4 is 5.32 Å². The number of nitrogens with one attached hydrogen (secondary N) is 1. The van der Waals surface area contributed by atoms with Crippen LogP contribution >= 0.6 is 0 Å². The topological polar surface area (TPSA) is 62.5 Å².